The minimum atomic E-state index is -1.82. The molecular formula is C37H52ClN3O10. The van der Waals surface area contributed by atoms with Crippen molar-refractivity contribution < 1.29 is 48.0 Å². The van der Waals surface area contributed by atoms with E-state index in [1.807, 2.05) is 26.8 Å². The number of carbonyl (C=O) groups is 4. The van der Waals surface area contributed by atoms with E-state index in [4.69, 9.17) is 35.3 Å². The van der Waals surface area contributed by atoms with E-state index in [1.165, 1.54) is 31.1 Å². The number of allylic oxidation sites excluding steroid dienone is 3. The van der Waals surface area contributed by atoms with E-state index in [9.17, 15) is 24.3 Å². The zero-order chi connectivity index (χ0) is 38.0. The fourth-order valence-corrected chi connectivity index (χ4v) is 7.02. The zero-order valence-electron chi connectivity index (χ0n) is 31.2. The lowest BCUT2D eigenvalue weighted by Gasteiger charge is -2.42. The van der Waals surface area contributed by atoms with Gasteiger partial charge >= 0.3 is 12.1 Å². The second-order valence-electron chi connectivity index (χ2n) is 14.5. The highest BCUT2D eigenvalue weighted by atomic mass is 35.5. The van der Waals surface area contributed by atoms with E-state index in [1.54, 1.807) is 52.1 Å². The van der Waals surface area contributed by atoms with Gasteiger partial charge in [0.2, 0.25) is 11.8 Å². The number of alkyl carbamates (subject to hydrolysis) is 1. The Hall–Kier alpha value is -3.65. The number of anilines is 1. The summed E-state index contributed by atoms with van der Waals surface area (Å²) in [5.41, 5.74) is -0.878. The molecule has 4 bridgehead atoms. The van der Waals surface area contributed by atoms with Crippen molar-refractivity contribution in [2.45, 2.75) is 109 Å². The molecule has 8 atom stereocenters. The standard InChI is InChI=1S/C37H52ClN3O10/c1-20(2)14-30(42)40(7)23(5)34(44)50-29-18-31(43)41(8)25-16-24(17-26(47-9)32(25)38)15-21(3)12-11-13-28(48-10)37(46)19-27(49-35(45)39-37)22(4)33-36(29,6)51-33/h11-13,16-17,20,22-23,27-29,33,46H,14-15,18-19H2,1-10H3,(H,39,45)/b13-11-,21-12-. The SMILES string of the molecule is COc1cc2cc(c1Cl)N(C)C(=O)CC(OC(=O)C(C)N(C)C(=O)CC(C)C)C1(C)OC1C(C)C1CC(O)(NC(=O)O1)C(OC)/C=C\C=C(\C)C2. The molecule has 2 fully saturated rings. The number of hydrogen-bond donors (Lipinski definition) is 2. The molecular weight excluding hydrogens is 682 g/mol. The summed E-state index contributed by atoms with van der Waals surface area (Å²) in [7, 11) is 6.04. The molecule has 0 saturated carbocycles. The monoisotopic (exact) mass is 733 g/mol. The third kappa shape index (κ3) is 8.88. The molecule has 2 saturated heterocycles. The van der Waals surface area contributed by atoms with Gasteiger partial charge in [0, 0.05) is 40.0 Å². The second kappa shape index (κ2) is 15.9. The maximum Gasteiger partial charge on any atom is 0.409 e. The maximum absolute atomic E-state index is 14.1. The van der Waals surface area contributed by atoms with Crippen LogP contribution in [0.3, 0.4) is 0 Å². The number of benzene rings is 1. The lowest BCUT2D eigenvalue weighted by atomic mass is 9.83. The number of esters is 1. The van der Waals surface area contributed by atoms with Gasteiger partial charge in [0.1, 0.15) is 40.7 Å². The van der Waals surface area contributed by atoms with Crippen LogP contribution in [0.4, 0.5) is 10.5 Å². The van der Waals surface area contributed by atoms with Crippen LogP contribution in [0.2, 0.25) is 5.02 Å². The van der Waals surface area contributed by atoms with Crippen molar-refractivity contribution in [2.75, 3.05) is 33.2 Å². The lowest BCUT2D eigenvalue weighted by molar-refractivity contribution is -0.162. The summed E-state index contributed by atoms with van der Waals surface area (Å²) in [6.07, 6.45) is 1.26. The van der Waals surface area contributed by atoms with Crippen molar-refractivity contribution in [1.29, 1.82) is 0 Å². The van der Waals surface area contributed by atoms with Gasteiger partial charge in [-0.2, -0.15) is 0 Å². The Kier molecular flexibility index (Phi) is 12.5. The quantitative estimate of drug-likeness (QED) is 0.301. The van der Waals surface area contributed by atoms with Gasteiger partial charge in [0.15, 0.2) is 5.72 Å². The van der Waals surface area contributed by atoms with E-state index in [0.29, 0.717) is 17.9 Å². The molecule has 282 valence electrons. The normalized spacial score (nSPS) is 32.1. The van der Waals surface area contributed by atoms with Gasteiger partial charge < -0.3 is 38.6 Å². The summed E-state index contributed by atoms with van der Waals surface area (Å²) in [4.78, 5) is 56.1. The van der Waals surface area contributed by atoms with Gasteiger partial charge in [-0.15, -0.1) is 0 Å². The van der Waals surface area contributed by atoms with Crippen molar-refractivity contribution in [3.8, 4) is 5.75 Å². The third-order valence-electron chi connectivity index (χ3n) is 10.1. The number of methoxy groups -OCH3 is 2. The van der Waals surface area contributed by atoms with E-state index < -0.39 is 65.7 Å². The molecule has 1 aromatic rings. The van der Waals surface area contributed by atoms with Crippen LogP contribution < -0.4 is 15.0 Å². The minimum absolute atomic E-state index is 0.0442. The lowest BCUT2D eigenvalue weighted by Crippen LogP contribution is -2.63. The molecule has 2 N–H and O–H groups in total. The summed E-state index contributed by atoms with van der Waals surface area (Å²) in [6.45, 7) is 10.8. The first-order valence-electron chi connectivity index (χ1n) is 17.2. The Labute approximate surface area is 305 Å². The topological polar surface area (TPSA) is 156 Å². The van der Waals surface area contributed by atoms with Crippen LogP contribution in [0.1, 0.15) is 66.4 Å². The molecule has 13 nitrogen and oxygen atoms in total. The number of likely N-dealkylation sites (N-methyl/N-ethyl adjacent to an activating group) is 1. The Morgan fingerprint density at radius 2 is 1.90 bits per heavy atom. The van der Waals surface area contributed by atoms with Crippen LogP contribution in [0, 0.1) is 11.8 Å². The van der Waals surface area contributed by atoms with Gasteiger partial charge in [-0.1, -0.05) is 56.2 Å². The molecule has 3 amide bonds. The first-order valence-corrected chi connectivity index (χ1v) is 17.6. The Morgan fingerprint density at radius 3 is 2.53 bits per heavy atom. The predicted octanol–water partition coefficient (Wildman–Crippen LogP) is 4.56. The number of nitrogens with one attached hydrogen (secondary N) is 1. The highest BCUT2D eigenvalue weighted by Gasteiger charge is 2.64. The Balaban J connectivity index is 1.77. The second-order valence-corrected chi connectivity index (χ2v) is 14.9. The molecule has 8 unspecified atom stereocenters. The van der Waals surface area contributed by atoms with Gasteiger partial charge in [0.05, 0.1) is 25.3 Å². The van der Waals surface area contributed by atoms with Crippen LogP contribution in [0.15, 0.2) is 35.9 Å². The van der Waals surface area contributed by atoms with Crippen LogP contribution in [-0.2, 0) is 39.8 Å². The smallest absolute Gasteiger partial charge is 0.409 e. The van der Waals surface area contributed by atoms with Crippen LogP contribution >= 0.6 is 11.6 Å². The molecule has 4 rings (SSSR count). The van der Waals surface area contributed by atoms with Crippen LogP contribution in [-0.4, -0.2) is 104 Å². The zero-order valence-corrected chi connectivity index (χ0v) is 31.9. The fraction of sp³-hybridized carbons (Fsp3) is 0.622. The van der Waals surface area contributed by atoms with E-state index in [2.05, 4.69) is 5.32 Å². The highest BCUT2D eigenvalue weighted by molar-refractivity contribution is 6.35. The van der Waals surface area contributed by atoms with Gasteiger partial charge in [-0.3, -0.25) is 14.9 Å². The summed E-state index contributed by atoms with van der Waals surface area (Å²) in [6, 6.07) is 2.64. The summed E-state index contributed by atoms with van der Waals surface area (Å²) in [5, 5.41) is 14.5. The number of fused-ring (bicyclic) bond motifs is 5. The molecule has 14 heteroatoms. The summed E-state index contributed by atoms with van der Waals surface area (Å²) >= 11 is 6.75. The molecule has 51 heavy (non-hydrogen) atoms. The number of ether oxygens (including phenoxy) is 5. The van der Waals surface area contributed by atoms with Crippen molar-refractivity contribution in [2.24, 2.45) is 11.8 Å². The van der Waals surface area contributed by atoms with Crippen molar-refractivity contribution >= 4 is 41.2 Å². The summed E-state index contributed by atoms with van der Waals surface area (Å²) < 4.78 is 29.2. The van der Waals surface area contributed by atoms with Gasteiger partial charge in [-0.25, -0.2) is 9.59 Å². The van der Waals surface area contributed by atoms with Gasteiger partial charge in [-0.05, 0) is 50.8 Å². The Bertz CT molecular complexity index is 1560. The molecule has 0 aromatic heterocycles. The number of carbonyl (C=O) groups excluding carboxylic acids is 4. The summed E-state index contributed by atoms with van der Waals surface area (Å²) in [5.74, 6) is -1.41. The maximum atomic E-state index is 14.1. The Morgan fingerprint density at radius 1 is 1.22 bits per heavy atom. The van der Waals surface area contributed by atoms with Crippen LogP contribution in [0.5, 0.6) is 5.75 Å². The first kappa shape index (κ1) is 40.1. The number of halogens is 1. The van der Waals surface area contributed by atoms with Crippen molar-refractivity contribution in [3.05, 3.63) is 46.5 Å². The first-order chi connectivity index (χ1) is 23.8. The molecule has 3 aliphatic rings. The third-order valence-corrected chi connectivity index (χ3v) is 10.5. The van der Waals surface area contributed by atoms with E-state index in [0.717, 1.165) is 11.1 Å². The fourth-order valence-electron chi connectivity index (χ4n) is 6.71. The van der Waals surface area contributed by atoms with Gasteiger partial charge in [0.25, 0.3) is 0 Å². The number of epoxide rings is 1. The molecule has 0 spiro atoms. The predicted molar refractivity (Wildman–Crippen MR) is 190 cm³/mol. The molecule has 0 aliphatic carbocycles. The average Bonchev–Trinajstić information content (AvgIpc) is 3.76. The molecule has 1 aromatic carbocycles. The minimum Gasteiger partial charge on any atom is -0.495 e. The van der Waals surface area contributed by atoms with Crippen molar-refractivity contribution in [3.63, 3.8) is 0 Å². The number of nitrogens with zero attached hydrogens (tertiary/aromatic N) is 2. The number of amides is 3. The molecule has 3 heterocycles. The molecule has 0 radical (unpaired) electrons. The molecule has 3 aliphatic heterocycles. The van der Waals surface area contributed by atoms with E-state index >= 15 is 0 Å². The number of aliphatic hydroxyl groups is 1. The number of hydrogen-bond acceptors (Lipinski definition) is 10. The van der Waals surface area contributed by atoms with Crippen molar-refractivity contribution in [1.82, 2.24) is 10.2 Å². The average molecular weight is 734 g/mol. The van der Waals surface area contributed by atoms with E-state index in [-0.39, 0.29) is 36.1 Å². The highest BCUT2D eigenvalue weighted by Crippen LogP contribution is 2.49. The largest absolute Gasteiger partial charge is 0.495 e. The number of rotatable bonds is 7. The van der Waals surface area contributed by atoms with Crippen LogP contribution in [0.25, 0.3) is 0 Å².